The predicted octanol–water partition coefficient (Wildman–Crippen LogP) is 2.41. The first kappa shape index (κ1) is 13.8. The summed E-state index contributed by atoms with van der Waals surface area (Å²) in [6.07, 6.45) is 0.267. The summed E-state index contributed by atoms with van der Waals surface area (Å²) < 4.78 is 0.873. The van der Waals surface area contributed by atoms with Crippen LogP contribution in [0.1, 0.15) is 25.8 Å². The maximum absolute atomic E-state index is 11.0. The Balaban J connectivity index is 2.95. The topological polar surface area (TPSA) is 81.1 Å². The number of nitrogens with one attached hydrogen (secondary N) is 1. The van der Waals surface area contributed by atoms with Crippen molar-refractivity contribution in [1.82, 2.24) is 0 Å². The maximum Gasteiger partial charge on any atom is 0.219 e. The third-order valence-corrected chi connectivity index (χ3v) is 3.10. The second kappa shape index (κ2) is 4.96. The molecule has 94 valence electrons. The van der Waals surface area contributed by atoms with Gasteiger partial charge < -0.3 is 16.8 Å². The number of benzene rings is 1. The fourth-order valence-electron chi connectivity index (χ4n) is 1.64. The molecule has 1 rings (SSSR count). The molecule has 0 aliphatic carbocycles. The highest BCUT2D eigenvalue weighted by molar-refractivity contribution is 9.10. The zero-order valence-electron chi connectivity index (χ0n) is 10.3. The molecule has 0 radical (unpaired) electrons. The van der Waals surface area contributed by atoms with Crippen LogP contribution in [-0.4, -0.2) is 11.4 Å². The van der Waals surface area contributed by atoms with Gasteiger partial charge in [0.2, 0.25) is 5.91 Å². The average Bonchev–Trinajstić information content (AvgIpc) is 2.11. The van der Waals surface area contributed by atoms with Crippen LogP contribution in [0.4, 0.5) is 11.4 Å². The van der Waals surface area contributed by atoms with Crippen LogP contribution in [0, 0.1) is 6.92 Å². The third-order valence-electron chi connectivity index (χ3n) is 2.44. The molecule has 0 aromatic heterocycles. The smallest absolute Gasteiger partial charge is 0.219 e. The molecule has 1 aromatic rings. The molecular weight excluding hydrogens is 282 g/mol. The molecule has 0 spiro atoms. The van der Waals surface area contributed by atoms with Gasteiger partial charge in [0.25, 0.3) is 0 Å². The molecule has 1 aromatic carbocycles. The molecule has 0 heterocycles. The standard InChI is InChI=1S/C12H18BrN3O/c1-7-4-10(8(13)5-9(7)14)16-12(2,3)6-11(15)17/h4-5,16H,6,14H2,1-3H3,(H2,15,17). The highest BCUT2D eigenvalue weighted by Gasteiger charge is 2.21. The number of carbonyl (C=O) groups is 1. The summed E-state index contributed by atoms with van der Waals surface area (Å²) in [6.45, 7) is 5.79. The van der Waals surface area contributed by atoms with Crippen LogP contribution in [0.25, 0.3) is 0 Å². The first-order chi connectivity index (χ1) is 7.71. The van der Waals surface area contributed by atoms with Crippen molar-refractivity contribution in [2.45, 2.75) is 32.7 Å². The van der Waals surface area contributed by atoms with E-state index in [1.165, 1.54) is 0 Å². The van der Waals surface area contributed by atoms with E-state index >= 15 is 0 Å². The van der Waals surface area contributed by atoms with Crippen LogP contribution >= 0.6 is 15.9 Å². The van der Waals surface area contributed by atoms with E-state index in [2.05, 4.69) is 21.2 Å². The molecule has 0 fully saturated rings. The minimum Gasteiger partial charge on any atom is -0.398 e. The van der Waals surface area contributed by atoms with Crippen molar-refractivity contribution in [2.24, 2.45) is 5.73 Å². The molecule has 0 saturated carbocycles. The molecule has 5 N–H and O–H groups in total. The van der Waals surface area contributed by atoms with Gasteiger partial charge in [-0.3, -0.25) is 4.79 Å². The van der Waals surface area contributed by atoms with E-state index in [1.807, 2.05) is 32.9 Å². The summed E-state index contributed by atoms with van der Waals surface area (Å²) in [5.74, 6) is -0.328. The number of anilines is 2. The van der Waals surface area contributed by atoms with Gasteiger partial charge in [-0.05, 0) is 54.4 Å². The molecular formula is C12H18BrN3O. The van der Waals surface area contributed by atoms with Crippen LogP contribution in [0.3, 0.4) is 0 Å². The number of hydrogen-bond donors (Lipinski definition) is 3. The van der Waals surface area contributed by atoms with Crippen molar-refractivity contribution >= 4 is 33.2 Å². The lowest BCUT2D eigenvalue weighted by Crippen LogP contribution is -2.36. The third kappa shape index (κ3) is 3.93. The predicted molar refractivity (Wildman–Crippen MR) is 74.8 cm³/mol. The van der Waals surface area contributed by atoms with Crippen LogP contribution in [0.5, 0.6) is 0 Å². The highest BCUT2D eigenvalue weighted by atomic mass is 79.9. The average molecular weight is 300 g/mol. The normalized spacial score (nSPS) is 11.3. The van der Waals surface area contributed by atoms with E-state index in [0.29, 0.717) is 0 Å². The molecule has 0 bridgehead atoms. The van der Waals surface area contributed by atoms with Gasteiger partial charge in [0.15, 0.2) is 0 Å². The fraction of sp³-hybridized carbons (Fsp3) is 0.417. The van der Waals surface area contributed by atoms with Crippen molar-refractivity contribution in [2.75, 3.05) is 11.1 Å². The summed E-state index contributed by atoms with van der Waals surface area (Å²) in [5.41, 5.74) is 13.3. The van der Waals surface area contributed by atoms with E-state index < -0.39 is 5.54 Å². The monoisotopic (exact) mass is 299 g/mol. The zero-order chi connectivity index (χ0) is 13.2. The Morgan fingerprint density at radius 2 is 2.06 bits per heavy atom. The minimum atomic E-state index is -0.392. The summed E-state index contributed by atoms with van der Waals surface area (Å²) in [5, 5.41) is 3.28. The van der Waals surface area contributed by atoms with Crippen LogP contribution in [0.2, 0.25) is 0 Å². The largest absolute Gasteiger partial charge is 0.398 e. The summed E-state index contributed by atoms with van der Waals surface area (Å²) in [4.78, 5) is 11.0. The highest BCUT2D eigenvalue weighted by Crippen LogP contribution is 2.30. The Hall–Kier alpha value is -1.23. The summed E-state index contributed by atoms with van der Waals surface area (Å²) in [6, 6.07) is 3.79. The van der Waals surface area contributed by atoms with E-state index in [9.17, 15) is 4.79 Å². The lowest BCUT2D eigenvalue weighted by atomic mass is 9.99. The Morgan fingerprint density at radius 1 is 1.47 bits per heavy atom. The van der Waals surface area contributed by atoms with Crippen LogP contribution < -0.4 is 16.8 Å². The lowest BCUT2D eigenvalue weighted by molar-refractivity contribution is -0.118. The number of amides is 1. The van der Waals surface area contributed by atoms with Gasteiger partial charge in [0.05, 0.1) is 0 Å². The van der Waals surface area contributed by atoms with Crippen molar-refractivity contribution in [3.8, 4) is 0 Å². The molecule has 0 aliphatic heterocycles. The summed E-state index contributed by atoms with van der Waals surface area (Å²) >= 11 is 3.44. The first-order valence-electron chi connectivity index (χ1n) is 5.33. The van der Waals surface area contributed by atoms with Gasteiger partial charge in [-0.2, -0.15) is 0 Å². The van der Waals surface area contributed by atoms with Crippen LogP contribution in [0.15, 0.2) is 16.6 Å². The van der Waals surface area contributed by atoms with Gasteiger partial charge in [-0.1, -0.05) is 0 Å². The Kier molecular flexibility index (Phi) is 4.03. The van der Waals surface area contributed by atoms with Gasteiger partial charge in [-0.25, -0.2) is 0 Å². The summed E-state index contributed by atoms with van der Waals surface area (Å²) in [7, 11) is 0. The Labute approximate surface area is 110 Å². The SMILES string of the molecule is Cc1cc(NC(C)(C)CC(N)=O)c(Br)cc1N. The molecule has 17 heavy (non-hydrogen) atoms. The number of rotatable bonds is 4. The number of carbonyl (C=O) groups excluding carboxylic acids is 1. The second-order valence-corrected chi connectivity index (χ2v) is 5.69. The van der Waals surface area contributed by atoms with E-state index in [-0.39, 0.29) is 12.3 Å². The first-order valence-corrected chi connectivity index (χ1v) is 6.13. The quantitative estimate of drug-likeness (QED) is 0.747. The lowest BCUT2D eigenvalue weighted by Gasteiger charge is -2.27. The van der Waals surface area contributed by atoms with Crippen molar-refractivity contribution in [3.05, 3.63) is 22.2 Å². The van der Waals surface area contributed by atoms with Crippen molar-refractivity contribution in [3.63, 3.8) is 0 Å². The van der Waals surface area contributed by atoms with Gasteiger partial charge in [-0.15, -0.1) is 0 Å². The zero-order valence-corrected chi connectivity index (χ0v) is 11.9. The number of primary amides is 1. The Morgan fingerprint density at radius 3 is 2.59 bits per heavy atom. The molecule has 0 unspecified atom stereocenters. The number of aryl methyl sites for hydroxylation is 1. The molecule has 5 heteroatoms. The van der Waals surface area contributed by atoms with Gasteiger partial charge in [0.1, 0.15) is 0 Å². The van der Waals surface area contributed by atoms with Crippen LogP contribution in [-0.2, 0) is 4.79 Å². The Bertz CT molecular complexity index is 444. The van der Waals surface area contributed by atoms with E-state index in [1.54, 1.807) is 0 Å². The van der Waals surface area contributed by atoms with Crippen molar-refractivity contribution < 1.29 is 4.79 Å². The molecule has 1 amide bonds. The van der Waals surface area contributed by atoms with Gasteiger partial charge >= 0.3 is 0 Å². The molecule has 4 nitrogen and oxygen atoms in total. The number of hydrogen-bond acceptors (Lipinski definition) is 3. The maximum atomic E-state index is 11.0. The minimum absolute atomic E-state index is 0.267. The van der Waals surface area contributed by atoms with E-state index in [4.69, 9.17) is 11.5 Å². The van der Waals surface area contributed by atoms with Gasteiger partial charge in [0, 0.05) is 27.8 Å². The number of nitrogen functional groups attached to an aromatic ring is 1. The molecule has 0 saturated heterocycles. The molecule has 0 atom stereocenters. The fourth-order valence-corrected chi connectivity index (χ4v) is 2.10. The second-order valence-electron chi connectivity index (χ2n) is 4.84. The number of nitrogens with two attached hydrogens (primary N) is 2. The molecule has 0 aliphatic rings. The van der Waals surface area contributed by atoms with E-state index in [0.717, 1.165) is 21.4 Å². The number of halogens is 1. The van der Waals surface area contributed by atoms with Crippen molar-refractivity contribution in [1.29, 1.82) is 0 Å².